The van der Waals surface area contributed by atoms with E-state index in [2.05, 4.69) is 6.92 Å². The topological polar surface area (TPSA) is 35.2 Å². The van der Waals surface area contributed by atoms with Crippen molar-refractivity contribution in [2.75, 3.05) is 6.54 Å². The van der Waals surface area contributed by atoms with Gasteiger partial charge in [0.25, 0.3) is 0 Å². The van der Waals surface area contributed by atoms with Crippen LogP contribution in [0.3, 0.4) is 0 Å². The van der Waals surface area contributed by atoms with Crippen LogP contribution in [0.4, 0.5) is 0 Å². The van der Waals surface area contributed by atoms with Crippen LogP contribution in [-0.4, -0.2) is 18.8 Å². The summed E-state index contributed by atoms with van der Waals surface area (Å²) in [6.45, 7) is 3.13. The second-order valence-electron chi connectivity index (χ2n) is 5.65. The molecule has 2 rings (SSSR count). The molecule has 2 heteroatoms. The Bertz CT molecular complexity index is 199. The number of hydrogen-bond acceptors (Lipinski definition) is 2. The molecule has 2 saturated carbocycles. The van der Waals surface area contributed by atoms with Gasteiger partial charge in [0.1, 0.15) is 0 Å². The molecule has 0 aromatic carbocycles. The standard InChI is InChI=1S/C14H27NO/c1-2-11-6-8-13(9-7-11)16-14-5-3-4-12(14)10-15/h11-14H,2-10,15H2,1H3. The normalized spacial score (nSPS) is 40.1. The van der Waals surface area contributed by atoms with Crippen LogP contribution < -0.4 is 5.73 Å². The quantitative estimate of drug-likeness (QED) is 0.798. The van der Waals surface area contributed by atoms with Crippen molar-refractivity contribution in [1.29, 1.82) is 0 Å². The fourth-order valence-corrected chi connectivity index (χ4v) is 3.37. The summed E-state index contributed by atoms with van der Waals surface area (Å²) in [5.74, 6) is 1.61. The van der Waals surface area contributed by atoms with E-state index in [1.165, 1.54) is 51.4 Å². The zero-order valence-corrected chi connectivity index (χ0v) is 10.7. The van der Waals surface area contributed by atoms with Crippen LogP contribution in [0.1, 0.15) is 58.3 Å². The Labute approximate surface area is 99.9 Å². The number of ether oxygens (including phenoxy) is 1. The maximum atomic E-state index is 6.27. The summed E-state index contributed by atoms with van der Waals surface area (Å²) in [4.78, 5) is 0. The molecule has 2 aliphatic carbocycles. The first kappa shape index (κ1) is 12.4. The molecule has 2 nitrogen and oxygen atoms in total. The highest BCUT2D eigenvalue weighted by Crippen LogP contribution is 2.33. The van der Waals surface area contributed by atoms with Crippen molar-refractivity contribution in [2.24, 2.45) is 17.6 Å². The molecule has 0 bridgehead atoms. The van der Waals surface area contributed by atoms with Crippen LogP contribution in [0.2, 0.25) is 0 Å². The molecule has 16 heavy (non-hydrogen) atoms. The zero-order valence-electron chi connectivity index (χ0n) is 10.7. The van der Waals surface area contributed by atoms with E-state index in [4.69, 9.17) is 10.5 Å². The van der Waals surface area contributed by atoms with Crippen molar-refractivity contribution >= 4 is 0 Å². The van der Waals surface area contributed by atoms with E-state index in [9.17, 15) is 0 Å². The van der Waals surface area contributed by atoms with Crippen molar-refractivity contribution in [2.45, 2.75) is 70.5 Å². The lowest BCUT2D eigenvalue weighted by Gasteiger charge is -2.31. The molecule has 0 spiro atoms. The molecule has 2 N–H and O–H groups in total. The van der Waals surface area contributed by atoms with E-state index < -0.39 is 0 Å². The van der Waals surface area contributed by atoms with Crippen molar-refractivity contribution in [3.8, 4) is 0 Å². The number of rotatable bonds is 4. The minimum absolute atomic E-state index is 0.480. The molecule has 0 amide bonds. The Kier molecular flexibility index (Phi) is 4.66. The SMILES string of the molecule is CCC1CCC(OC2CCCC2CN)CC1. The van der Waals surface area contributed by atoms with Crippen molar-refractivity contribution < 1.29 is 4.74 Å². The van der Waals surface area contributed by atoms with E-state index in [1.807, 2.05) is 0 Å². The predicted molar refractivity (Wildman–Crippen MR) is 67.3 cm³/mol. The molecule has 2 fully saturated rings. The molecule has 0 heterocycles. The highest BCUT2D eigenvalue weighted by atomic mass is 16.5. The molecule has 0 aliphatic heterocycles. The fraction of sp³-hybridized carbons (Fsp3) is 1.00. The third kappa shape index (κ3) is 2.98. The van der Waals surface area contributed by atoms with Crippen molar-refractivity contribution in [3.05, 3.63) is 0 Å². The lowest BCUT2D eigenvalue weighted by Crippen LogP contribution is -2.31. The number of hydrogen-bond donors (Lipinski definition) is 1. The van der Waals surface area contributed by atoms with Crippen LogP contribution in [0, 0.1) is 11.8 Å². The summed E-state index contributed by atoms with van der Waals surface area (Å²) in [5, 5.41) is 0. The van der Waals surface area contributed by atoms with Crippen LogP contribution >= 0.6 is 0 Å². The fourth-order valence-electron chi connectivity index (χ4n) is 3.37. The summed E-state index contributed by atoms with van der Waals surface area (Å²) < 4.78 is 6.27. The number of nitrogens with two attached hydrogens (primary N) is 1. The van der Waals surface area contributed by atoms with Gasteiger partial charge in [0.15, 0.2) is 0 Å². The van der Waals surface area contributed by atoms with Gasteiger partial charge in [-0.05, 0) is 56.9 Å². The van der Waals surface area contributed by atoms with Crippen LogP contribution in [0.15, 0.2) is 0 Å². The molecule has 0 saturated heterocycles. The second kappa shape index (κ2) is 6.02. The third-order valence-electron chi connectivity index (χ3n) is 4.63. The Morgan fingerprint density at radius 3 is 2.44 bits per heavy atom. The summed E-state index contributed by atoms with van der Waals surface area (Å²) >= 11 is 0. The predicted octanol–water partition coefficient (Wildman–Crippen LogP) is 3.10. The molecule has 2 atom stereocenters. The average molecular weight is 225 g/mol. The Hall–Kier alpha value is -0.0800. The van der Waals surface area contributed by atoms with Crippen LogP contribution in [0.5, 0.6) is 0 Å². The molecule has 0 aromatic heterocycles. The smallest absolute Gasteiger partial charge is 0.0619 e. The summed E-state index contributed by atoms with van der Waals surface area (Å²) in [5.41, 5.74) is 5.79. The van der Waals surface area contributed by atoms with Gasteiger partial charge in [-0.1, -0.05) is 19.8 Å². The summed E-state index contributed by atoms with van der Waals surface area (Å²) in [6, 6.07) is 0. The van der Waals surface area contributed by atoms with E-state index >= 15 is 0 Å². The van der Waals surface area contributed by atoms with Crippen molar-refractivity contribution in [1.82, 2.24) is 0 Å². The second-order valence-corrected chi connectivity index (χ2v) is 5.65. The first-order valence-electron chi connectivity index (χ1n) is 7.19. The van der Waals surface area contributed by atoms with Gasteiger partial charge >= 0.3 is 0 Å². The lowest BCUT2D eigenvalue weighted by molar-refractivity contribution is -0.0509. The Balaban J connectivity index is 1.73. The zero-order chi connectivity index (χ0) is 11.4. The van der Waals surface area contributed by atoms with Gasteiger partial charge in [0.2, 0.25) is 0 Å². The summed E-state index contributed by atoms with van der Waals surface area (Å²) in [7, 11) is 0. The minimum Gasteiger partial charge on any atom is -0.375 e. The first-order chi connectivity index (χ1) is 7.83. The van der Waals surface area contributed by atoms with Crippen molar-refractivity contribution in [3.63, 3.8) is 0 Å². The molecular formula is C14H27NO. The first-order valence-corrected chi connectivity index (χ1v) is 7.19. The van der Waals surface area contributed by atoms with Gasteiger partial charge in [-0.25, -0.2) is 0 Å². The Morgan fingerprint density at radius 1 is 1.06 bits per heavy atom. The highest BCUT2D eigenvalue weighted by molar-refractivity contribution is 4.81. The molecule has 2 aliphatic rings. The molecule has 0 radical (unpaired) electrons. The Morgan fingerprint density at radius 2 is 1.81 bits per heavy atom. The lowest BCUT2D eigenvalue weighted by atomic mass is 9.85. The monoisotopic (exact) mass is 225 g/mol. The maximum absolute atomic E-state index is 6.27. The van der Waals surface area contributed by atoms with E-state index in [-0.39, 0.29) is 0 Å². The third-order valence-corrected chi connectivity index (χ3v) is 4.63. The minimum atomic E-state index is 0.480. The average Bonchev–Trinajstić information content (AvgIpc) is 2.77. The maximum Gasteiger partial charge on any atom is 0.0619 e. The summed E-state index contributed by atoms with van der Waals surface area (Å²) in [6.07, 6.45) is 11.5. The largest absolute Gasteiger partial charge is 0.375 e. The molecular weight excluding hydrogens is 198 g/mol. The van der Waals surface area contributed by atoms with E-state index in [0.29, 0.717) is 18.1 Å². The molecule has 0 aromatic rings. The van der Waals surface area contributed by atoms with Gasteiger partial charge in [0.05, 0.1) is 12.2 Å². The highest BCUT2D eigenvalue weighted by Gasteiger charge is 2.30. The van der Waals surface area contributed by atoms with Crippen LogP contribution in [0.25, 0.3) is 0 Å². The van der Waals surface area contributed by atoms with Gasteiger partial charge in [0, 0.05) is 0 Å². The van der Waals surface area contributed by atoms with Gasteiger partial charge in [-0.2, -0.15) is 0 Å². The van der Waals surface area contributed by atoms with Gasteiger partial charge in [-0.15, -0.1) is 0 Å². The van der Waals surface area contributed by atoms with E-state index in [1.54, 1.807) is 0 Å². The van der Waals surface area contributed by atoms with Gasteiger partial charge in [-0.3, -0.25) is 0 Å². The van der Waals surface area contributed by atoms with Crippen LogP contribution in [-0.2, 0) is 4.74 Å². The van der Waals surface area contributed by atoms with Gasteiger partial charge < -0.3 is 10.5 Å². The van der Waals surface area contributed by atoms with E-state index in [0.717, 1.165) is 12.5 Å². The molecule has 94 valence electrons. The molecule has 2 unspecified atom stereocenters.